The second-order valence-electron chi connectivity index (χ2n) is 4.60. The number of nitrogens with one attached hydrogen (secondary N) is 1. The Kier molecular flexibility index (Phi) is 8.36. The van der Waals surface area contributed by atoms with E-state index in [2.05, 4.69) is 16.9 Å². The molecule has 1 rings (SSSR count). The molecule has 1 unspecified atom stereocenters. The normalized spacial score (nSPS) is 12.5. The first-order valence-electron chi connectivity index (χ1n) is 6.03. The highest BCUT2D eigenvalue weighted by molar-refractivity contribution is 14.0. The first kappa shape index (κ1) is 18.8. The summed E-state index contributed by atoms with van der Waals surface area (Å²) in [6, 6.07) is 3.54. The van der Waals surface area contributed by atoms with Crippen LogP contribution in [0.4, 0.5) is 8.78 Å². The van der Waals surface area contributed by atoms with E-state index >= 15 is 0 Å². The van der Waals surface area contributed by atoms with Gasteiger partial charge >= 0.3 is 0 Å². The number of benzene rings is 1. The van der Waals surface area contributed by atoms with Crippen LogP contribution in [0.3, 0.4) is 0 Å². The number of halogens is 3. The molecule has 0 saturated heterocycles. The number of guanidine groups is 1. The summed E-state index contributed by atoms with van der Waals surface area (Å²) in [4.78, 5) is 4.12. The lowest BCUT2D eigenvalue weighted by molar-refractivity contribution is 0.560. The maximum absolute atomic E-state index is 13.5. The van der Waals surface area contributed by atoms with E-state index < -0.39 is 11.6 Å². The van der Waals surface area contributed by atoms with Crippen LogP contribution in [0.1, 0.15) is 25.3 Å². The van der Waals surface area contributed by atoms with E-state index in [0.717, 1.165) is 11.6 Å². The zero-order chi connectivity index (χ0) is 14.4. The van der Waals surface area contributed by atoms with Gasteiger partial charge in [0.25, 0.3) is 0 Å². The van der Waals surface area contributed by atoms with E-state index in [1.165, 1.54) is 12.1 Å². The fourth-order valence-electron chi connectivity index (χ4n) is 1.53. The number of hydrogen-bond acceptors (Lipinski definition) is 1. The van der Waals surface area contributed by atoms with Gasteiger partial charge in [-0.15, -0.1) is 24.0 Å². The predicted octanol–water partition coefficient (Wildman–Crippen LogP) is 3.17. The summed E-state index contributed by atoms with van der Waals surface area (Å²) in [5.74, 6) is -1.03. The summed E-state index contributed by atoms with van der Waals surface area (Å²) in [5.41, 5.74) is 7.02. The molecular weight excluding hydrogens is 375 g/mol. The highest BCUT2D eigenvalue weighted by atomic mass is 127. The lowest BCUT2D eigenvalue weighted by Crippen LogP contribution is -2.33. The first-order chi connectivity index (χ1) is 8.90. The van der Waals surface area contributed by atoms with Gasteiger partial charge in [-0.3, -0.25) is 4.99 Å². The molecule has 1 atom stereocenters. The zero-order valence-corrected chi connectivity index (χ0v) is 13.9. The van der Waals surface area contributed by atoms with Gasteiger partial charge in [0.15, 0.2) is 5.96 Å². The molecule has 0 saturated carbocycles. The quantitative estimate of drug-likeness (QED) is 0.348. The van der Waals surface area contributed by atoms with E-state index in [4.69, 9.17) is 5.73 Å². The van der Waals surface area contributed by atoms with Crippen molar-refractivity contribution in [3.63, 3.8) is 0 Å². The third-order valence-electron chi connectivity index (χ3n) is 2.60. The lowest BCUT2D eigenvalue weighted by Gasteiger charge is -2.11. The van der Waals surface area contributed by atoms with Gasteiger partial charge in [-0.25, -0.2) is 8.78 Å². The summed E-state index contributed by atoms with van der Waals surface area (Å²) >= 11 is 0. The van der Waals surface area contributed by atoms with Gasteiger partial charge < -0.3 is 11.1 Å². The van der Waals surface area contributed by atoms with Crippen LogP contribution in [-0.2, 0) is 0 Å². The van der Waals surface area contributed by atoms with E-state index in [-0.39, 0.29) is 35.9 Å². The first-order valence-corrected chi connectivity index (χ1v) is 6.03. The number of nitrogens with two attached hydrogens (primary N) is 1. The van der Waals surface area contributed by atoms with Crippen molar-refractivity contribution >= 4 is 29.9 Å². The number of rotatable bonds is 5. The molecule has 3 N–H and O–H groups in total. The monoisotopic (exact) mass is 395 g/mol. The van der Waals surface area contributed by atoms with Crippen molar-refractivity contribution < 1.29 is 8.78 Å². The van der Waals surface area contributed by atoms with E-state index in [0.29, 0.717) is 18.7 Å². The molecule has 0 aliphatic rings. The average Bonchev–Trinajstić information content (AvgIpc) is 2.33. The molecule has 0 aliphatic carbocycles. The highest BCUT2D eigenvalue weighted by Gasteiger charge is 2.11. The van der Waals surface area contributed by atoms with Gasteiger partial charge in [-0.1, -0.05) is 25.1 Å². The fraction of sp³-hybridized carbons (Fsp3) is 0.357. The molecule has 0 heterocycles. The molecular formula is C14H20F2IN3. The van der Waals surface area contributed by atoms with Crippen LogP contribution < -0.4 is 11.1 Å². The second-order valence-corrected chi connectivity index (χ2v) is 4.60. The number of hydrogen-bond donors (Lipinski definition) is 2. The average molecular weight is 395 g/mol. The third-order valence-corrected chi connectivity index (χ3v) is 2.60. The highest BCUT2D eigenvalue weighted by Crippen LogP contribution is 2.19. The molecule has 0 amide bonds. The van der Waals surface area contributed by atoms with Crippen LogP contribution in [0.15, 0.2) is 35.3 Å². The van der Waals surface area contributed by atoms with Crippen molar-refractivity contribution in [3.8, 4) is 0 Å². The maximum atomic E-state index is 13.5. The zero-order valence-electron chi connectivity index (χ0n) is 11.6. The Morgan fingerprint density at radius 1 is 1.45 bits per heavy atom. The van der Waals surface area contributed by atoms with Crippen LogP contribution in [0.25, 0.3) is 0 Å². The summed E-state index contributed by atoms with van der Waals surface area (Å²) in [7, 11) is 0. The molecule has 1 aromatic rings. The molecule has 20 heavy (non-hydrogen) atoms. The van der Waals surface area contributed by atoms with Crippen molar-refractivity contribution in [2.45, 2.75) is 19.8 Å². The Balaban J connectivity index is 0.00000361. The van der Waals surface area contributed by atoms with E-state index in [1.807, 2.05) is 13.8 Å². The number of aliphatic imine (C=N–C) groups is 1. The molecule has 6 heteroatoms. The standard InChI is InChI=1S/C14H19F2N3.HI/c1-9(2)7-18-14(17)19-8-10(3)12-5-4-11(15)6-13(12)16;/h4-6,10H,1,7-8H2,2-3H3,(H3,17,18,19);1H. The Morgan fingerprint density at radius 2 is 2.10 bits per heavy atom. The van der Waals surface area contributed by atoms with Crippen molar-refractivity contribution in [3.05, 3.63) is 47.5 Å². The second kappa shape index (κ2) is 8.89. The Bertz CT molecular complexity index is 489. The predicted molar refractivity (Wildman–Crippen MR) is 89.5 cm³/mol. The summed E-state index contributed by atoms with van der Waals surface area (Å²) in [5, 5.41) is 2.89. The minimum Gasteiger partial charge on any atom is -0.370 e. The van der Waals surface area contributed by atoms with Crippen molar-refractivity contribution in [2.75, 3.05) is 13.1 Å². The Hall–Kier alpha value is -1.18. The SMILES string of the molecule is C=C(C)CNC(N)=NCC(C)c1ccc(F)cc1F.I. The topological polar surface area (TPSA) is 50.4 Å². The van der Waals surface area contributed by atoms with E-state index in [1.54, 1.807) is 0 Å². The number of nitrogens with zero attached hydrogens (tertiary/aromatic N) is 1. The molecule has 1 aromatic carbocycles. The van der Waals surface area contributed by atoms with Gasteiger partial charge in [-0.2, -0.15) is 0 Å². The minimum absolute atomic E-state index is 0. The fourth-order valence-corrected chi connectivity index (χ4v) is 1.53. The molecule has 0 aliphatic heterocycles. The van der Waals surface area contributed by atoms with Crippen LogP contribution >= 0.6 is 24.0 Å². The van der Waals surface area contributed by atoms with Gasteiger partial charge in [0.1, 0.15) is 11.6 Å². The van der Waals surface area contributed by atoms with Crippen LogP contribution in [0, 0.1) is 11.6 Å². The Labute approximate surface area is 135 Å². The molecule has 0 spiro atoms. The smallest absolute Gasteiger partial charge is 0.188 e. The van der Waals surface area contributed by atoms with Crippen LogP contribution in [0.2, 0.25) is 0 Å². The lowest BCUT2D eigenvalue weighted by atomic mass is 10.0. The van der Waals surface area contributed by atoms with Crippen molar-refractivity contribution in [1.82, 2.24) is 5.32 Å². The largest absolute Gasteiger partial charge is 0.370 e. The van der Waals surface area contributed by atoms with Gasteiger partial charge in [0, 0.05) is 25.1 Å². The van der Waals surface area contributed by atoms with Gasteiger partial charge in [0.2, 0.25) is 0 Å². The summed E-state index contributed by atoms with van der Waals surface area (Å²) in [6.45, 7) is 8.30. The third kappa shape index (κ3) is 6.31. The molecule has 0 fully saturated rings. The van der Waals surface area contributed by atoms with Gasteiger partial charge in [-0.05, 0) is 18.6 Å². The van der Waals surface area contributed by atoms with Gasteiger partial charge in [0.05, 0.1) is 0 Å². The van der Waals surface area contributed by atoms with Crippen molar-refractivity contribution in [1.29, 1.82) is 0 Å². The molecule has 0 aromatic heterocycles. The van der Waals surface area contributed by atoms with Crippen molar-refractivity contribution in [2.24, 2.45) is 10.7 Å². The molecule has 0 bridgehead atoms. The molecule has 3 nitrogen and oxygen atoms in total. The molecule has 112 valence electrons. The van der Waals surface area contributed by atoms with Crippen LogP contribution in [0.5, 0.6) is 0 Å². The summed E-state index contributed by atoms with van der Waals surface area (Å²) < 4.78 is 26.3. The minimum atomic E-state index is -0.584. The maximum Gasteiger partial charge on any atom is 0.188 e. The Morgan fingerprint density at radius 3 is 2.65 bits per heavy atom. The molecule has 0 radical (unpaired) electrons. The summed E-state index contributed by atoms with van der Waals surface area (Å²) in [6.07, 6.45) is 0. The van der Waals surface area contributed by atoms with E-state index in [9.17, 15) is 8.78 Å². The van der Waals surface area contributed by atoms with Crippen LogP contribution in [-0.4, -0.2) is 19.0 Å².